The van der Waals surface area contributed by atoms with Crippen molar-refractivity contribution in [3.63, 3.8) is 0 Å². The van der Waals surface area contributed by atoms with Gasteiger partial charge in [-0.15, -0.1) is 0 Å². The molecule has 1 heterocycles. The number of hydrogen-bond donors (Lipinski definition) is 1. The van der Waals surface area contributed by atoms with Crippen LogP contribution in [-0.4, -0.2) is 4.98 Å². The van der Waals surface area contributed by atoms with Crippen LogP contribution in [0.15, 0.2) is 30.5 Å². The molecule has 1 aromatic heterocycles. The molecule has 0 saturated carbocycles. The number of aromatic nitrogens is 1. The van der Waals surface area contributed by atoms with E-state index in [1.165, 1.54) is 16.5 Å². The predicted octanol–water partition coefficient (Wildman–Crippen LogP) is 2.98. The van der Waals surface area contributed by atoms with Gasteiger partial charge in [-0.25, -0.2) is 0 Å². The number of fused-ring (bicyclic) bond motifs is 1. The number of aryl methyl sites for hydroxylation is 1. The summed E-state index contributed by atoms with van der Waals surface area (Å²) < 4.78 is 0. The maximum atomic E-state index is 3.17. The summed E-state index contributed by atoms with van der Waals surface area (Å²) in [6.07, 6.45) is 3.09. The van der Waals surface area contributed by atoms with E-state index in [1.807, 2.05) is 6.20 Å². The molecule has 0 unspecified atom stereocenters. The van der Waals surface area contributed by atoms with Crippen LogP contribution in [0, 0.1) is 0 Å². The predicted molar refractivity (Wildman–Crippen MR) is 49.8 cm³/mol. The fourth-order valence-corrected chi connectivity index (χ4v) is 1.32. The first-order valence-corrected chi connectivity index (χ1v) is 3.96. The van der Waals surface area contributed by atoms with Crippen molar-refractivity contribution >= 4 is 10.9 Å². The molecule has 0 aliphatic rings. The van der Waals surface area contributed by atoms with Crippen LogP contribution < -0.4 is 0 Å². The molecule has 0 aliphatic heterocycles. The molecule has 1 N–H and O–H groups in total. The Morgan fingerprint density at radius 2 is 2.27 bits per heavy atom. The number of aromatic amines is 1. The standard InChI is InChI=1S/C10H11N.H2/c1-2-8-3-4-10-9(7-8)5-6-11-10;/h3-7,11H,2H2,1H3;1H. The molecule has 58 valence electrons. The van der Waals surface area contributed by atoms with Crippen molar-refractivity contribution in [3.05, 3.63) is 36.0 Å². The number of nitrogens with one attached hydrogen (secondary N) is 1. The molecular formula is C10H13N. The molecule has 1 aromatic carbocycles. The van der Waals surface area contributed by atoms with Gasteiger partial charge in [0.25, 0.3) is 0 Å². The molecule has 1 heteroatoms. The summed E-state index contributed by atoms with van der Waals surface area (Å²) in [6, 6.07) is 8.63. The van der Waals surface area contributed by atoms with Crippen LogP contribution in [0.4, 0.5) is 0 Å². The normalized spacial score (nSPS) is 10.6. The minimum absolute atomic E-state index is 0. The molecule has 1 nitrogen and oxygen atoms in total. The molecule has 0 amide bonds. The van der Waals surface area contributed by atoms with Crippen molar-refractivity contribution in [1.82, 2.24) is 4.98 Å². The lowest BCUT2D eigenvalue weighted by atomic mass is 10.1. The smallest absolute Gasteiger partial charge is 0.0454 e. The van der Waals surface area contributed by atoms with Crippen LogP contribution in [0.2, 0.25) is 0 Å². The number of benzene rings is 1. The Bertz CT molecular complexity index is 365. The molecular weight excluding hydrogens is 134 g/mol. The maximum absolute atomic E-state index is 3.17. The Labute approximate surface area is 67.5 Å². The lowest BCUT2D eigenvalue weighted by molar-refractivity contribution is 1.15. The van der Waals surface area contributed by atoms with Gasteiger partial charge in [0.1, 0.15) is 0 Å². The Morgan fingerprint density at radius 3 is 3.09 bits per heavy atom. The van der Waals surface area contributed by atoms with Gasteiger partial charge in [0.15, 0.2) is 0 Å². The minimum atomic E-state index is 0. The fraction of sp³-hybridized carbons (Fsp3) is 0.200. The van der Waals surface area contributed by atoms with Gasteiger partial charge in [0.05, 0.1) is 0 Å². The molecule has 0 bridgehead atoms. The highest BCUT2D eigenvalue weighted by atomic mass is 14.7. The second-order valence-electron chi connectivity index (χ2n) is 2.75. The van der Waals surface area contributed by atoms with Gasteiger partial charge >= 0.3 is 0 Å². The summed E-state index contributed by atoms with van der Waals surface area (Å²) in [5.74, 6) is 0. The van der Waals surface area contributed by atoms with Gasteiger partial charge in [-0.2, -0.15) is 0 Å². The van der Waals surface area contributed by atoms with Gasteiger partial charge in [0.2, 0.25) is 0 Å². The van der Waals surface area contributed by atoms with Crippen LogP contribution in [0.5, 0.6) is 0 Å². The first kappa shape index (κ1) is 6.47. The highest BCUT2D eigenvalue weighted by Crippen LogP contribution is 2.14. The van der Waals surface area contributed by atoms with Gasteiger partial charge in [-0.1, -0.05) is 13.0 Å². The van der Waals surface area contributed by atoms with Crippen molar-refractivity contribution < 1.29 is 1.43 Å². The van der Waals surface area contributed by atoms with Crippen LogP contribution in [-0.2, 0) is 6.42 Å². The Morgan fingerprint density at radius 1 is 1.36 bits per heavy atom. The lowest BCUT2D eigenvalue weighted by Crippen LogP contribution is -1.77. The zero-order valence-corrected chi connectivity index (χ0v) is 6.59. The monoisotopic (exact) mass is 147 g/mol. The summed E-state index contributed by atoms with van der Waals surface area (Å²) in [5.41, 5.74) is 2.62. The molecule has 0 aliphatic carbocycles. The van der Waals surface area contributed by atoms with Crippen LogP contribution in [0.1, 0.15) is 13.9 Å². The largest absolute Gasteiger partial charge is 0.361 e. The second kappa shape index (κ2) is 2.42. The fourth-order valence-electron chi connectivity index (χ4n) is 1.32. The molecule has 0 atom stereocenters. The van der Waals surface area contributed by atoms with Crippen LogP contribution in [0.3, 0.4) is 0 Å². The Hall–Kier alpha value is -1.24. The summed E-state index contributed by atoms with van der Waals surface area (Å²) in [4.78, 5) is 3.17. The van der Waals surface area contributed by atoms with E-state index < -0.39 is 0 Å². The van der Waals surface area contributed by atoms with Gasteiger partial charge < -0.3 is 4.98 Å². The second-order valence-corrected chi connectivity index (χ2v) is 2.75. The summed E-state index contributed by atoms with van der Waals surface area (Å²) in [6.45, 7) is 2.17. The lowest BCUT2D eigenvalue weighted by Gasteiger charge is -1.94. The van der Waals surface area contributed by atoms with E-state index in [1.54, 1.807) is 0 Å². The van der Waals surface area contributed by atoms with E-state index in [4.69, 9.17) is 0 Å². The van der Waals surface area contributed by atoms with Gasteiger partial charge in [-0.05, 0) is 35.6 Å². The Balaban J connectivity index is 0.000000720. The van der Waals surface area contributed by atoms with Crippen molar-refractivity contribution in [3.8, 4) is 0 Å². The first-order chi connectivity index (χ1) is 5.40. The molecule has 2 aromatic rings. The first-order valence-electron chi connectivity index (χ1n) is 3.96. The molecule has 0 spiro atoms. The number of rotatable bonds is 1. The third-order valence-corrected chi connectivity index (χ3v) is 2.03. The topological polar surface area (TPSA) is 15.8 Å². The van der Waals surface area contributed by atoms with Crippen LogP contribution >= 0.6 is 0 Å². The van der Waals surface area contributed by atoms with Crippen molar-refractivity contribution in [1.29, 1.82) is 0 Å². The zero-order chi connectivity index (χ0) is 7.68. The number of hydrogen-bond acceptors (Lipinski definition) is 0. The average molecular weight is 147 g/mol. The van der Waals surface area contributed by atoms with E-state index >= 15 is 0 Å². The molecule has 0 saturated heterocycles. The third kappa shape index (κ3) is 1.03. The minimum Gasteiger partial charge on any atom is -0.361 e. The molecule has 0 radical (unpaired) electrons. The van der Waals surface area contributed by atoms with Crippen molar-refractivity contribution in [2.24, 2.45) is 0 Å². The summed E-state index contributed by atoms with van der Waals surface area (Å²) in [5, 5.41) is 1.31. The quantitative estimate of drug-likeness (QED) is 0.638. The van der Waals surface area contributed by atoms with E-state index in [0.29, 0.717) is 0 Å². The summed E-state index contributed by atoms with van der Waals surface area (Å²) >= 11 is 0. The van der Waals surface area contributed by atoms with E-state index in [9.17, 15) is 0 Å². The number of H-pyrrole nitrogens is 1. The van der Waals surface area contributed by atoms with Gasteiger partial charge in [-0.3, -0.25) is 0 Å². The van der Waals surface area contributed by atoms with Gasteiger partial charge in [0, 0.05) is 13.1 Å². The summed E-state index contributed by atoms with van der Waals surface area (Å²) in [7, 11) is 0. The third-order valence-electron chi connectivity index (χ3n) is 2.03. The maximum Gasteiger partial charge on any atom is 0.0454 e. The van der Waals surface area contributed by atoms with Crippen LogP contribution in [0.25, 0.3) is 10.9 Å². The molecule has 11 heavy (non-hydrogen) atoms. The van der Waals surface area contributed by atoms with E-state index in [0.717, 1.165) is 6.42 Å². The average Bonchev–Trinajstić information content (AvgIpc) is 2.50. The van der Waals surface area contributed by atoms with E-state index in [-0.39, 0.29) is 1.43 Å². The molecule has 0 fully saturated rings. The van der Waals surface area contributed by atoms with E-state index in [2.05, 4.69) is 36.2 Å². The highest BCUT2D eigenvalue weighted by Gasteiger charge is 1.93. The zero-order valence-electron chi connectivity index (χ0n) is 6.59. The van der Waals surface area contributed by atoms with Crippen molar-refractivity contribution in [2.75, 3.05) is 0 Å². The SMILES string of the molecule is CCc1ccc2[nH]ccc2c1.[HH]. The Kier molecular flexibility index (Phi) is 1.42. The highest BCUT2D eigenvalue weighted by molar-refractivity contribution is 5.79. The molecule has 2 rings (SSSR count). The van der Waals surface area contributed by atoms with Crippen molar-refractivity contribution in [2.45, 2.75) is 13.3 Å².